The van der Waals surface area contributed by atoms with Crippen molar-refractivity contribution in [3.63, 3.8) is 0 Å². The predicted molar refractivity (Wildman–Crippen MR) is 73.6 cm³/mol. The number of likely N-dealkylation sites (tertiary alicyclic amines) is 1. The highest BCUT2D eigenvalue weighted by Gasteiger charge is 2.15. The summed E-state index contributed by atoms with van der Waals surface area (Å²) in [5, 5.41) is 0. The van der Waals surface area contributed by atoms with Crippen LogP contribution in [0.2, 0.25) is 0 Å². The molecule has 0 aromatic heterocycles. The van der Waals surface area contributed by atoms with Gasteiger partial charge in [0.25, 0.3) is 0 Å². The van der Waals surface area contributed by atoms with Crippen LogP contribution >= 0.6 is 0 Å². The van der Waals surface area contributed by atoms with Crippen molar-refractivity contribution in [2.24, 2.45) is 5.73 Å². The molecule has 3 heteroatoms. The molecule has 0 radical (unpaired) electrons. The van der Waals surface area contributed by atoms with Crippen molar-refractivity contribution < 1.29 is 4.79 Å². The van der Waals surface area contributed by atoms with Crippen LogP contribution in [0.25, 0.3) is 0 Å². The molecule has 1 aromatic rings. The second-order valence-electron chi connectivity index (χ2n) is 4.96. The lowest BCUT2D eigenvalue weighted by atomic mass is 10.0. The molecule has 0 amide bonds. The molecule has 1 aliphatic rings. The van der Waals surface area contributed by atoms with Crippen LogP contribution in [0.5, 0.6) is 0 Å². The van der Waals surface area contributed by atoms with E-state index in [0.717, 1.165) is 30.8 Å². The number of ketones is 1. The summed E-state index contributed by atoms with van der Waals surface area (Å²) in [4.78, 5) is 14.5. The number of piperidine rings is 1. The maximum Gasteiger partial charge on any atom is 0.164 e. The molecular formula is C15H22N2O. The lowest BCUT2D eigenvalue weighted by Crippen LogP contribution is -2.29. The third-order valence-corrected chi connectivity index (χ3v) is 3.53. The summed E-state index contributed by atoms with van der Waals surface area (Å²) in [6.07, 6.45) is 4.33. The lowest BCUT2D eigenvalue weighted by Gasteiger charge is -2.27. The monoisotopic (exact) mass is 246 g/mol. The van der Waals surface area contributed by atoms with Crippen LogP contribution in [-0.2, 0) is 6.54 Å². The molecular weight excluding hydrogens is 224 g/mol. The minimum atomic E-state index is 0.171. The highest BCUT2D eigenvalue weighted by atomic mass is 16.1. The average molecular weight is 246 g/mol. The number of carbonyl (C=O) groups is 1. The third-order valence-electron chi connectivity index (χ3n) is 3.53. The highest BCUT2D eigenvalue weighted by molar-refractivity contribution is 5.97. The van der Waals surface area contributed by atoms with E-state index in [1.807, 2.05) is 18.2 Å². The fourth-order valence-electron chi connectivity index (χ4n) is 2.55. The minimum Gasteiger partial charge on any atom is -0.330 e. The Labute approximate surface area is 109 Å². The summed E-state index contributed by atoms with van der Waals surface area (Å²) in [7, 11) is 0. The van der Waals surface area contributed by atoms with Crippen LogP contribution in [0.4, 0.5) is 0 Å². The summed E-state index contributed by atoms with van der Waals surface area (Å²) >= 11 is 0. The molecule has 0 aliphatic carbocycles. The Hall–Kier alpha value is -1.19. The van der Waals surface area contributed by atoms with Gasteiger partial charge in [-0.3, -0.25) is 9.69 Å². The van der Waals surface area contributed by atoms with E-state index < -0.39 is 0 Å². The number of benzene rings is 1. The van der Waals surface area contributed by atoms with Gasteiger partial charge in [0.05, 0.1) is 0 Å². The zero-order valence-electron chi connectivity index (χ0n) is 10.9. The van der Waals surface area contributed by atoms with Crippen LogP contribution in [0.15, 0.2) is 24.3 Å². The Kier molecular flexibility index (Phi) is 4.90. The first-order valence-corrected chi connectivity index (χ1v) is 6.85. The summed E-state index contributed by atoms with van der Waals surface area (Å²) in [6, 6.07) is 7.94. The molecule has 1 heterocycles. The Bertz CT molecular complexity index is 397. The molecule has 2 N–H and O–H groups in total. The van der Waals surface area contributed by atoms with E-state index in [0.29, 0.717) is 13.0 Å². The highest BCUT2D eigenvalue weighted by Crippen LogP contribution is 2.17. The molecule has 0 unspecified atom stereocenters. The van der Waals surface area contributed by atoms with E-state index in [-0.39, 0.29) is 5.78 Å². The van der Waals surface area contributed by atoms with Crippen LogP contribution in [0, 0.1) is 0 Å². The molecule has 1 aromatic carbocycles. The lowest BCUT2D eigenvalue weighted by molar-refractivity contribution is 0.0983. The molecule has 0 saturated carbocycles. The zero-order chi connectivity index (χ0) is 12.8. The second-order valence-corrected chi connectivity index (χ2v) is 4.96. The van der Waals surface area contributed by atoms with Gasteiger partial charge in [0.15, 0.2) is 5.78 Å². The van der Waals surface area contributed by atoms with Gasteiger partial charge >= 0.3 is 0 Å². The number of nitrogens with zero attached hydrogens (tertiary/aromatic N) is 1. The summed E-state index contributed by atoms with van der Waals surface area (Å²) in [5.74, 6) is 0.171. The normalized spacial score (nSPS) is 16.7. The van der Waals surface area contributed by atoms with E-state index in [4.69, 9.17) is 5.73 Å². The summed E-state index contributed by atoms with van der Waals surface area (Å²) in [6.45, 7) is 3.63. The third kappa shape index (κ3) is 3.40. The number of hydrogen-bond acceptors (Lipinski definition) is 3. The van der Waals surface area contributed by atoms with E-state index in [1.54, 1.807) is 0 Å². The van der Waals surface area contributed by atoms with Gasteiger partial charge in [0, 0.05) is 18.5 Å². The maximum absolute atomic E-state index is 12.0. The molecule has 98 valence electrons. The van der Waals surface area contributed by atoms with E-state index in [1.165, 1.54) is 19.3 Å². The second kappa shape index (κ2) is 6.66. The number of rotatable bonds is 5. The van der Waals surface area contributed by atoms with Crippen molar-refractivity contribution in [1.29, 1.82) is 0 Å². The van der Waals surface area contributed by atoms with Crippen molar-refractivity contribution >= 4 is 5.78 Å². The Balaban J connectivity index is 2.08. The SMILES string of the molecule is NCCC(=O)c1ccccc1CN1CCCCC1. The first-order chi connectivity index (χ1) is 8.81. The van der Waals surface area contributed by atoms with Crippen LogP contribution in [-0.4, -0.2) is 30.3 Å². The van der Waals surface area contributed by atoms with Gasteiger partial charge in [-0.05, 0) is 38.0 Å². The molecule has 1 aliphatic heterocycles. The van der Waals surface area contributed by atoms with Gasteiger partial charge in [-0.25, -0.2) is 0 Å². The first-order valence-electron chi connectivity index (χ1n) is 6.85. The van der Waals surface area contributed by atoms with Gasteiger partial charge in [-0.15, -0.1) is 0 Å². The summed E-state index contributed by atoms with van der Waals surface area (Å²) < 4.78 is 0. The van der Waals surface area contributed by atoms with Gasteiger partial charge in [0.1, 0.15) is 0 Å². The van der Waals surface area contributed by atoms with Gasteiger partial charge in [0.2, 0.25) is 0 Å². The molecule has 0 atom stereocenters. The van der Waals surface area contributed by atoms with Crippen molar-refractivity contribution in [2.75, 3.05) is 19.6 Å². The molecule has 0 bridgehead atoms. The van der Waals surface area contributed by atoms with Crippen molar-refractivity contribution in [3.8, 4) is 0 Å². The topological polar surface area (TPSA) is 46.3 Å². The van der Waals surface area contributed by atoms with Gasteiger partial charge in [-0.1, -0.05) is 30.7 Å². The number of carbonyl (C=O) groups excluding carboxylic acids is 1. The van der Waals surface area contributed by atoms with E-state index in [9.17, 15) is 4.79 Å². The number of nitrogens with two attached hydrogens (primary N) is 1. The Morgan fingerprint density at radius 2 is 1.89 bits per heavy atom. The molecule has 1 fully saturated rings. The Morgan fingerprint density at radius 1 is 1.17 bits per heavy atom. The van der Waals surface area contributed by atoms with Crippen molar-refractivity contribution in [2.45, 2.75) is 32.2 Å². The smallest absolute Gasteiger partial charge is 0.164 e. The minimum absolute atomic E-state index is 0.171. The average Bonchev–Trinajstić information content (AvgIpc) is 2.41. The standard InChI is InChI=1S/C15H22N2O/c16-9-8-15(18)14-7-3-2-6-13(14)12-17-10-4-1-5-11-17/h2-3,6-7H,1,4-5,8-12,16H2. The summed E-state index contributed by atoms with van der Waals surface area (Å²) in [5.41, 5.74) is 7.48. The molecule has 0 spiro atoms. The quantitative estimate of drug-likeness (QED) is 0.810. The predicted octanol–water partition coefficient (Wildman–Crippen LogP) is 2.20. The van der Waals surface area contributed by atoms with Crippen molar-refractivity contribution in [1.82, 2.24) is 4.90 Å². The van der Waals surface area contributed by atoms with Gasteiger partial charge in [-0.2, -0.15) is 0 Å². The molecule has 1 saturated heterocycles. The number of hydrogen-bond donors (Lipinski definition) is 1. The Morgan fingerprint density at radius 3 is 2.61 bits per heavy atom. The van der Waals surface area contributed by atoms with Gasteiger partial charge < -0.3 is 5.73 Å². The fourth-order valence-corrected chi connectivity index (χ4v) is 2.55. The fraction of sp³-hybridized carbons (Fsp3) is 0.533. The zero-order valence-corrected chi connectivity index (χ0v) is 10.9. The van der Waals surface area contributed by atoms with Crippen LogP contribution < -0.4 is 5.73 Å². The maximum atomic E-state index is 12.0. The largest absolute Gasteiger partial charge is 0.330 e. The van der Waals surface area contributed by atoms with E-state index >= 15 is 0 Å². The molecule has 3 nitrogen and oxygen atoms in total. The van der Waals surface area contributed by atoms with Crippen molar-refractivity contribution in [3.05, 3.63) is 35.4 Å². The van der Waals surface area contributed by atoms with E-state index in [2.05, 4.69) is 11.0 Å². The molecule has 18 heavy (non-hydrogen) atoms. The van der Waals surface area contributed by atoms with Crippen LogP contribution in [0.3, 0.4) is 0 Å². The van der Waals surface area contributed by atoms with Crippen LogP contribution in [0.1, 0.15) is 41.6 Å². The molecule has 2 rings (SSSR count). The first kappa shape index (κ1) is 13.2. The number of Topliss-reactive ketones (excluding diaryl/α,β-unsaturated/α-hetero) is 1.